The summed E-state index contributed by atoms with van der Waals surface area (Å²) in [6, 6.07) is 4.75. The maximum absolute atomic E-state index is 13.5. The van der Waals surface area contributed by atoms with Gasteiger partial charge in [0.2, 0.25) is 5.91 Å². The lowest BCUT2D eigenvalue weighted by molar-refractivity contribution is -0.123. The molecular formula is C17H15FN4O3S2. The summed E-state index contributed by atoms with van der Waals surface area (Å²) in [6.45, 7) is 1.39. The average molecular weight is 406 g/mol. The first-order valence-electron chi connectivity index (χ1n) is 7.88. The molecule has 0 unspecified atom stereocenters. The van der Waals surface area contributed by atoms with Gasteiger partial charge in [-0.25, -0.2) is 19.3 Å². The highest BCUT2D eigenvalue weighted by atomic mass is 32.2. The van der Waals surface area contributed by atoms with Crippen LogP contribution in [0.1, 0.15) is 20.4 Å². The molecule has 27 heavy (non-hydrogen) atoms. The van der Waals surface area contributed by atoms with Gasteiger partial charge in [0.1, 0.15) is 23.3 Å². The van der Waals surface area contributed by atoms with Crippen LogP contribution in [0.5, 0.6) is 0 Å². The highest BCUT2D eigenvalue weighted by Crippen LogP contribution is 2.27. The van der Waals surface area contributed by atoms with Gasteiger partial charge in [-0.3, -0.25) is 9.59 Å². The van der Waals surface area contributed by atoms with E-state index in [-0.39, 0.29) is 18.1 Å². The van der Waals surface area contributed by atoms with Crippen LogP contribution >= 0.6 is 23.1 Å². The van der Waals surface area contributed by atoms with Gasteiger partial charge < -0.3 is 10.4 Å². The lowest BCUT2D eigenvalue weighted by Gasteiger charge is -2.05. The number of Topliss-reactive ketones (excluding diaryl/α,β-unsaturated/α-hetero) is 1. The van der Waals surface area contributed by atoms with Crippen LogP contribution in [0.25, 0.3) is 11.0 Å². The Bertz CT molecular complexity index is 1010. The van der Waals surface area contributed by atoms with Gasteiger partial charge in [-0.15, -0.1) is 11.3 Å². The lowest BCUT2D eigenvalue weighted by atomic mass is 10.3. The summed E-state index contributed by atoms with van der Waals surface area (Å²) >= 11 is 2.48. The molecule has 3 rings (SSSR count). The number of nitrogens with zero attached hydrogens (tertiary/aromatic N) is 3. The van der Waals surface area contributed by atoms with E-state index in [9.17, 15) is 14.0 Å². The molecule has 140 valence electrons. The molecule has 0 aliphatic rings. The summed E-state index contributed by atoms with van der Waals surface area (Å²) in [5, 5.41) is 12.2. The topological polar surface area (TPSA) is 105 Å². The summed E-state index contributed by atoms with van der Waals surface area (Å²) in [7, 11) is 0. The lowest BCUT2D eigenvalue weighted by Crippen LogP contribution is -2.25. The highest BCUT2D eigenvalue weighted by Gasteiger charge is 2.14. The number of carbonyl (C=O) groups is 2. The van der Waals surface area contributed by atoms with Crippen molar-refractivity contribution in [3.8, 4) is 0 Å². The molecule has 0 saturated heterocycles. The molecule has 2 N–H and O–H groups in total. The number of hydrogen-bond donors (Lipinski definition) is 2. The van der Waals surface area contributed by atoms with Gasteiger partial charge in [-0.1, -0.05) is 11.8 Å². The molecule has 3 heterocycles. The van der Waals surface area contributed by atoms with E-state index in [0.29, 0.717) is 26.8 Å². The molecule has 10 heteroatoms. The van der Waals surface area contributed by atoms with Crippen molar-refractivity contribution in [2.45, 2.75) is 18.5 Å². The number of hydrogen-bond acceptors (Lipinski definition) is 8. The van der Waals surface area contributed by atoms with E-state index < -0.39 is 18.3 Å². The molecule has 0 fully saturated rings. The molecule has 0 atom stereocenters. The highest BCUT2D eigenvalue weighted by molar-refractivity contribution is 8.00. The van der Waals surface area contributed by atoms with Gasteiger partial charge in [0.15, 0.2) is 11.4 Å². The number of carbonyl (C=O) groups excluding carboxylic acids is 2. The Kier molecular flexibility index (Phi) is 6.09. The van der Waals surface area contributed by atoms with Crippen molar-refractivity contribution >= 4 is 45.8 Å². The number of aliphatic hydroxyl groups excluding tert-OH is 1. The molecule has 0 saturated carbocycles. The molecular weight excluding hydrogens is 391 g/mol. The molecule has 0 spiro atoms. The zero-order chi connectivity index (χ0) is 19.4. The number of thioether (sulfide) groups is 1. The van der Waals surface area contributed by atoms with Crippen molar-refractivity contribution < 1.29 is 19.1 Å². The van der Waals surface area contributed by atoms with Gasteiger partial charge in [0.05, 0.1) is 28.8 Å². The van der Waals surface area contributed by atoms with E-state index in [1.54, 1.807) is 19.1 Å². The van der Waals surface area contributed by atoms with E-state index in [1.807, 2.05) is 0 Å². The molecule has 3 aromatic rings. The normalized spacial score (nSPS) is 10.9. The van der Waals surface area contributed by atoms with Crippen LogP contribution in [0, 0.1) is 12.7 Å². The Labute approximate surface area is 162 Å². The number of halogens is 1. The SMILES string of the molecule is Cc1nc(SCC(=O)c2ccc(CNC(=O)CO)s2)c2cc(F)cnc2n1. The Morgan fingerprint density at radius 3 is 2.93 bits per heavy atom. The Morgan fingerprint density at radius 2 is 2.15 bits per heavy atom. The number of pyridine rings is 1. The molecule has 0 bridgehead atoms. The van der Waals surface area contributed by atoms with Crippen LogP contribution in [0.4, 0.5) is 4.39 Å². The smallest absolute Gasteiger partial charge is 0.246 e. The quantitative estimate of drug-likeness (QED) is 0.352. The van der Waals surface area contributed by atoms with E-state index in [0.717, 1.165) is 11.1 Å². The number of thiophene rings is 1. The van der Waals surface area contributed by atoms with Crippen LogP contribution in [-0.2, 0) is 11.3 Å². The summed E-state index contributed by atoms with van der Waals surface area (Å²) in [5.74, 6) is -0.437. The molecule has 0 radical (unpaired) electrons. The molecule has 0 aromatic carbocycles. The van der Waals surface area contributed by atoms with Crippen molar-refractivity contribution in [2.75, 3.05) is 12.4 Å². The Balaban J connectivity index is 1.69. The van der Waals surface area contributed by atoms with Crippen LogP contribution in [0.3, 0.4) is 0 Å². The Morgan fingerprint density at radius 1 is 1.33 bits per heavy atom. The third-order valence-corrected chi connectivity index (χ3v) is 5.59. The monoisotopic (exact) mass is 406 g/mol. The summed E-state index contributed by atoms with van der Waals surface area (Å²) in [4.78, 5) is 37.3. The minimum Gasteiger partial charge on any atom is -0.387 e. The first-order valence-corrected chi connectivity index (χ1v) is 9.68. The molecule has 3 aromatic heterocycles. The second-order valence-corrected chi connectivity index (χ2v) is 7.65. The zero-order valence-electron chi connectivity index (χ0n) is 14.2. The number of rotatable bonds is 7. The van der Waals surface area contributed by atoms with Gasteiger partial charge in [0.25, 0.3) is 0 Å². The molecule has 0 aliphatic carbocycles. The number of aromatic nitrogens is 3. The van der Waals surface area contributed by atoms with Gasteiger partial charge in [0, 0.05) is 4.88 Å². The summed E-state index contributed by atoms with van der Waals surface area (Å²) < 4.78 is 13.5. The van der Waals surface area contributed by atoms with E-state index in [4.69, 9.17) is 5.11 Å². The third-order valence-electron chi connectivity index (χ3n) is 3.47. The van der Waals surface area contributed by atoms with Crippen molar-refractivity contribution in [1.29, 1.82) is 0 Å². The van der Waals surface area contributed by atoms with Crippen molar-refractivity contribution in [3.63, 3.8) is 0 Å². The Hall–Kier alpha value is -2.43. The number of fused-ring (bicyclic) bond motifs is 1. The van der Waals surface area contributed by atoms with E-state index >= 15 is 0 Å². The van der Waals surface area contributed by atoms with Gasteiger partial charge in [-0.2, -0.15) is 0 Å². The molecule has 7 nitrogen and oxygen atoms in total. The van der Waals surface area contributed by atoms with Crippen LogP contribution in [0.2, 0.25) is 0 Å². The van der Waals surface area contributed by atoms with Crippen molar-refractivity contribution in [3.05, 3.63) is 45.8 Å². The number of ketones is 1. The van der Waals surface area contributed by atoms with Crippen LogP contribution < -0.4 is 5.32 Å². The van der Waals surface area contributed by atoms with Gasteiger partial charge in [-0.05, 0) is 25.1 Å². The predicted molar refractivity (Wildman–Crippen MR) is 100 cm³/mol. The van der Waals surface area contributed by atoms with Gasteiger partial charge >= 0.3 is 0 Å². The fraction of sp³-hybridized carbons (Fsp3) is 0.235. The van der Waals surface area contributed by atoms with Crippen molar-refractivity contribution in [1.82, 2.24) is 20.3 Å². The average Bonchev–Trinajstić information content (AvgIpc) is 3.13. The van der Waals surface area contributed by atoms with Crippen LogP contribution in [-0.4, -0.2) is 44.1 Å². The molecule has 0 aliphatic heterocycles. The standard InChI is InChI=1S/C17H15FN4O3S2/c1-9-21-16-12(4-10(18)5-20-16)17(22-9)26-8-13(24)14-3-2-11(27-14)6-19-15(25)7-23/h2-5,23H,6-8H2,1H3,(H,19,25). The second kappa shape index (κ2) is 8.51. The first-order chi connectivity index (χ1) is 13.0. The fourth-order valence-corrected chi connectivity index (χ4v) is 4.15. The van der Waals surface area contributed by atoms with Crippen molar-refractivity contribution in [2.24, 2.45) is 0 Å². The van der Waals surface area contributed by atoms with E-state index in [2.05, 4.69) is 20.3 Å². The number of aliphatic hydroxyl groups is 1. The fourth-order valence-electron chi connectivity index (χ4n) is 2.24. The largest absolute Gasteiger partial charge is 0.387 e. The first kappa shape index (κ1) is 19.3. The minimum absolute atomic E-state index is 0.0986. The summed E-state index contributed by atoms with van der Waals surface area (Å²) in [5.41, 5.74) is 0.386. The number of aryl methyl sites for hydroxylation is 1. The maximum atomic E-state index is 13.5. The minimum atomic E-state index is -0.574. The molecule has 1 amide bonds. The number of nitrogens with one attached hydrogen (secondary N) is 1. The third kappa shape index (κ3) is 4.85. The van der Waals surface area contributed by atoms with Crippen LogP contribution in [0.15, 0.2) is 29.4 Å². The zero-order valence-corrected chi connectivity index (χ0v) is 15.9. The maximum Gasteiger partial charge on any atom is 0.246 e. The number of amides is 1. The second-order valence-electron chi connectivity index (χ2n) is 5.51. The predicted octanol–water partition coefficient (Wildman–Crippen LogP) is 2.12. The van der Waals surface area contributed by atoms with E-state index in [1.165, 1.54) is 29.2 Å². The summed E-state index contributed by atoms with van der Waals surface area (Å²) in [6.07, 6.45) is 1.09.